The van der Waals surface area contributed by atoms with Crippen molar-refractivity contribution in [3.8, 4) is 0 Å². The van der Waals surface area contributed by atoms with Crippen molar-refractivity contribution in [2.24, 2.45) is 0 Å². The summed E-state index contributed by atoms with van der Waals surface area (Å²) in [7, 11) is 0. The summed E-state index contributed by atoms with van der Waals surface area (Å²) >= 11 is 11.3. The van der Waals surface area contributed by atoms with Crippen LogP contribution in [-0.2, 0) is 0 Å². The van der Waals surface area contributed by atoms with Gasteiger partial charge in [-0.3, -0.25) is 0 Å². The summed E-state index contributed by atoms with van der Waals surface area (Å²) in [5.41, 5.74) is 0. The van der Waals surface area contributed by atoms with Gasteiger partial charge < -0.3 is 5.32 Å². The molecule has 1 aliphatic carbocycles. The summed E-state index contributed by atoms with van der Waals surface area (Å²) in [5.74, 6) is 1.23. The fraction of sp³-hybridized carbons (Fsp3) is 0.286. The van der Waals surface area contributed by atoms with Gasteiger partial charge in [0.05, 0.1) is 6.20 Å². The van der Waals surface area contributed by atoms with Gasteiger partial charge in [-0.05, 0) is 38.0 Å². The van der Waals surface area contributed by atoms with E-state index >= 15 is 0 Å². The zero-order valence-corrected chi connectivity index (χ0v) is 12.4. The van der Waals surface area contributed by atoms with Gasteiger partial charge in [-0.1, -0.05) is 29.3 Å². The molecule has 1 aromatic heterocycles. The third-order valence-electron chi connectivity index (χ3n) is 2.57. The number of aromatic nitrogens is 2. The minimum atomic E-state index is -0.294. The van der Waals surface area contributed by atoms with Crippen LogP contribution in [0.25, 0.3) is 0 Å². The van der Waals surface area contributed by atoms with E-state index in [9.17, 15) is 4.39 Å². The van der Waals surface area contributed by atoms with Gasteiger partial charge in [0, 0.05) is 11.1 Å². The van der Waals surface area contributed by atoms with E-state index in [2.05, 4.69) is 15.3 Å². The maximum absolute atomic E-state index is 12.1. The molecular weight excluding hydrogens is 300 g/mol. The molecule has 0 unspecified atom stereocenters. The molecule has 1 N–H and O–H groups in total. The number of benzene rings is 1. The lowest BCUT2D eigenvalue weighted by Crippen LogP contribution is -2.05. The summed E-state index contributed by atoms with van der Waals surface area (Å²) in [4.78, 5) is 8.18. The Kier molecular flexibility index (Phi) is 5.15. The Hall–Kier alpha value is -1.39. The van der Waals surface area contributed by atoms with Gasteiger partial charge in [0.15, 0.2) is 0 Å². The Morgan fingerprint density at radius 1 is 1.30 bits per heavy atom. The van der Waals surface area contributed by atoms with Crippen LogP contribution in [0.3, 0.4) is 0 Å². The predicted molar refractivity (Wildman–Crippen MR) is 79.8 cm³/mol. The minimum Gasteiger partial charge on any atom is -0.366 e. The molecule has 1 aromatic carbocycles. The molecule has 2 aromatic rings. The molecule has 0 aliphatic heterocycles. The Bertz CT molecular complexity index is 571. The SMILES string of the molecule is Cc1ncc(Cl)c(NC2CC2)n1.Fc1cccc(Cl)c1. The fourth-order valence-corrected chi connectivity index (χ4v) is 1.76. The van der Waals surface area contributed by atoms with E-state index in [1.54, 1.807) is 18.3 Å². The summed E-state index contributed by atoms with van der Waals surface area (Å²) in [6.07, 6.45) is 4.08. The van der Waals surface area contributed by atoms with Crippen LogP contribution in [0.5, 0.6) is 0 Å². The Morgan fingerprint density at radius 2 is 2.05 bits per heavy atom. The lowest BCUT2D eigenvalue weighted by molar-refractivity contribution is 0.628. The molecule has 1 aliphatic rings. The first-order valence-corrected chi connectivity index (χ1v) is 6.97. The highest BCUT2D eigenvalue weighted by Gasteiger charge is 2.22. The molecular formula is C14H14Cl2FN3. The zero-order valence-electron chi connectivity index (χ0n) is 10.9. The van der Waals surface area contributed by atoms with Crippen LogP contribution in [0.2, 0.25) is 10.0 Å². The van der Waals surface area contributed by atoms with Crippen molar-refractivity contribution in [2.45, 2.75) is 25.8 Å². The largest absolute Gasteiger partial charge is 0.366 e. The second-order valence-electron chi connectivity index (χ2n) is 4.47. The van der Waals surface area contributed by atoms with Crippen LogP contribution >= 0.6 is 23.2 Å². The van der Waals surface area contributed by atoms with Gasteiger partial charge in [0.2, 0.25) is 0 Å². The summed E-state index contributed by atoms with van der Waals surface area (Å²) in [6, 6.07) is 6.40. The third-order valence-corrected chi connectivity index (χ3v) is 3.08. The molecule has 20 heavy (non-hydrogen) atoms. The molecule has 3 nitrogen and oxygen atoms in total. The Labute approximate surface area is 127 Å². The number of rotatable bonds is 2. The van der Waals surface area contributed by atoms with Crippen LogP contribution in [0, 0.1) is 12.7 Å². The number of nitrogens with one attached hydrogen (secondary N) is 1. The molecule has 1 heterocycles. The highest BCUT2D eigenvalue weighted by molar-refractivity contribution is 6.32. The van der Waals surface area contributed by atoms with E-state index in [1.807, 2.05) is 6.92 Å². The normalized spacial score (nSPS) is 13.4. The van der Waals surface area contributed by atoms with Crippen LogP contribution in [0.1, 0.15) is 18.7 Å². The average Bonchev–Trinajstić information content (AvgIpc) is 3.18. The van der Waals surface area contributed by atoms with E-state index in [1.165, 1.54) is 25.0 Å². The van der Waals surface area contributed by atoms with E-state index < -0.39 is 0 Å². The number of hydrogen-bond acceptors (Lipinski definition) is 3. The number of aryl methyl sites for hydroxylation is 1. The third kappa shape index (κ3) is 4.94. The van der Waals surface area contributed by atoms with E-state index in [0.29, 0.717) is 16.1 Å². The van der Waals surface area contributed by atoms with E-state index in [0.717, 1.165) is 11.6 Å². The van der Waals surface area contributed by atoms with Crippen molar-refractivity contribution in [2.75, 3.05) is 5.32 Å². The highest BCUT2D eigenvalue weighted by Crippen LogP contribution is 2.27. The van der Waals surface area contributed by atoms with Crippen molar-refractivity contribution in [3.05, 3.63) is 52.1 Å². The minimum absolute atomic E-state index is 0.294. The average molecular weight is 314 g/mol. The maximum Gasteiger partial charge on any atom is 0.148 e. The first kappa shape index (κ1) is 15.0. The van der Waals surface area contributed by atoms with Crippen LogP contribution in [-0.4, -0.2) is 16.0 Å². The van der Waals surface area contributed by atoms with Gasteiger partial charge in [-0.25, -0.2) is 14.4 Å². The van der Waals surface area contributed by atoms with E-state index in [4.69, 9.17) is 23.2 Å². The summed E-state index contributed by atoms with van der Waals surface area (Å²) < 4.78 is 12.1. The summed E-state index contributed by atoms with van der Waals surface area (Å²) in [6.45, 7) is 1.86. The summed E-state index contributed by atoms with van der Waals surface area (Å²) in [5, 5.41) is 4.28. The fourth-order valence-electron chi connectivity index (χ4n) is 1.44. The Balaban J connectivity index is 0.000000160. The van der Waals surface area contributed by atoms with Crippen LogP contribution in [0.4, 0.5) is 10.2 Å². The topological polar surface area (TPSA) is 37.8 Å². The Morgan fingerprint density at radius 3 is 2.60 bits per heavy atom. The lowest BCUT2D eigenvalue weighted by atomic mass is 10.4. The van der Waals surface area contributed by atoms with Crippen molar-refractivity contribution in [1.82, 2.24) is 9.97 Å². The van der Waals surface area contributed by atoms with Crippen LogP contribution in [0.15, 0.2) is 30.5 Å². The van der Waals surface area contributed by atoms with Gasteiger partial charge in [0.1, 0.15) is 22.5 Å². The predicted octanol–water partition coefficient (Wildman–Crippen LogP) is 4.49. The maximum atomic E-state index is 12.1. The molecule has 0 atom stereocenters. The van der Waals surface area contributed by atoms with Crippen molar-refractivity contribution in [1.29, 1.82) is 0 Å². The standard InChI is InChI=1S/C8H10ClN3.C6H4ClF/c1-5-10-4-7(9)8(11-5)12-6-2-3-6;7-5-2-1-3-6(8)4-5/h4,6H,2-3H2,1H3,(H,10,11,12);1-4H. The molecule has 0 radical (unpaired) electrons. The molecule has 0 amide bonds. The number of halogens is 3. The lowest BCUT2D eigenvalue weighted by Gasteiger charge is -2.04. The molecule has 106 valence electrons. The van der Waals surface area contributed by atoms with E-state index in [-0.39, 0.29) is 5.82 Å². The monoisotopic (exact) mass is 313 g/mol. The van der Waals surface area contributed by atoms with Crippen molar-refractivity contribution >= 4 is 29.0 Å². The first-order chi connectivity index (χ1) is 9.54. The van der Waals surface area contributed by atoms with Crippen molar-refractivity contribution < 1.29 is 4.39 Å². The van der Waals surface area contributed by atoms with Gasteiger partial charge in [-0.2, -0.15) is 0 Å². The molecule has 0 spiro atoms. The van der Waals surface area contributed by atoms with Crippen LogP contribution < -0.4 is 5.32 Å². The number of anilines is 1. The second-order valence-corrected chi connectivity index (χ2v) is 5.32. The quantitative estimate of drug-likeness (QED) is 0.887. The molecule has 0 saturated heterocycles. The zero-order chi connectivity index (χ0) is 14.5. The molecule has 1 saturated carbocycles. The molecule has 6 heteroatoms. The number of hydrogen-bond donors (Lipinski definition) is 1. The smallest absolute Gasteiger partial charge is 0.148 e. The molecule has 0 bridgehead atoms. The van der Waals surface area contributed by atoms with Gasteiger partial charge in [0.25, 0.3) is 0 Å². The number of nitrogens with zero attached hydrogens (tertiary/aromatic N) is 2. The molecule has 1 fully saturated rings. The van der Waals surface area contributed by atoms with Crippen molar-refractivity contribution in [3.63, 3.8) is 0 Å². The highest BCUT2D eigenvalue weighted by atomic mass is 35.5. The molecule has 3 rings (SSSR count). The van der Waals surface area contributed by atoms with Gasteiger partial charge >= 0.3 is 0 Å². The van der Waals surface area contributed by atoms with Gasteiger partial charge in [-0.15, -0.1) is 0 Å². The first-order valence-electron chi connectivity index (χ1n) is 6.21. The second kappa shape index (κ2) is 6.86.